The molecule has 1 saturated heterocycles. The van der Waals surface area contributed by atoms with Crippen molar-refractivity contribution in [1.82, 2.24) is 10.3 Å². The Bertz CT molecular complexity index is 1190. The summed E-state index contributed by atoms with van der Waals surface area (Å²) in [6.45, 7) is 1.90. The van der Waals surface area contributed by atoms with Gasteiger partial charge < -0.3 is 10.2 Å². The van der Waals surface area contributed by atoms with Crippen LogP contribution in [0.5, 0.6) is 0 Å². The van der Waals surface area contributed by atoms with Crippen LogP contribution < -0.4 is 10.2 Å². The number of nitrogens with zero attached hydrogens (tertiary/aromatic N) is 3. The lowest BCUT2D eigenvalue weighted by atomic mass is 9.88. The molecular weight excluding hydrogens is 436 g/mol. The molecule has 2 aliphatic rings. The average molecular weight is 463 g/mol. The summed E-state index contributed by atoms with van der Waals surface area (Å²) in [5, 5.41) is 15.3. The molecule has 0 radical (unpaired) electrons. The van der Waals surface area contributed by atoms with Crippen molar-refractivity contribution in [2.24, 2.45) is 0 Å². The minimum absolute atomic E-state index is 0.0123. The number of fused-ring (bicyclic) bond motifs is 1. The van der Waals surface area contributed by atoms with E-state index in [2.05, 4.69) is 27.3 Å². The van der Waals surface area contributed by atoms with E-state index in [0.717, 1.165) is 50.9 Å². The van der Waals surface area contributed by atoms with Crippen molar-refractivity contribution in [3.05, 3.63) is 74.8 Å². The predicted molar refractivity (Wildman–Crippen MR) is 130 cm³/mol. The van der Waals surface area contributed by atoms with Gasteiger partial charge in [0.2, 0.25) is 0 Å². The standard InChI is InChI=1S/C25H26N4O3S/c30-24(27-21-10-6-8-17-7-2-3-9-19(17)21)23-16-26-25(33-23)20-15-18(11-12-22(20)29(31)32)28-13-4-1-5-14-28/h2-3,7,9,11-12,15-16,21H,1,4-6,8,10,13-14H2,(H,27,30). The van der Waals surface area contributed by atoms with E-state index in [0.29, 0.717) is 15.4 Å². The summed E-state index contributed by atoms with van der Waals surface area (Å²) in [6.07, 6.45) is 7.96. The Morgan fingerprint density at radius 1 is 1.12 bits per heavy atom. The number of aromatic nitrogens is 1. The zero-order valence-electron chi connectivity index (χ0n) is 18.3. The number of amides is 1. The highest BCUT2D eigenvalue weighted by molar-refractivity contribution is 7.17. The SMILES string of the molecule is O=C(NC1CCCc2ccccc21)c1cnc(-c2cc(N3CCCCC3)ccc2[N+](=O)[O-])s1. The summed E-state index contributed by atoms with van der Waals surface area (Å²) in [7, 11) is 0. The third-order valence-corrected chi connectivity index (χ3v) is 7.56. The van der Waals surface area contributed by atoms with E-state index in [9.17, 15) is 14.9 Å². The molecule has 0 spiro atoms. The number of piperidine rings is 1. The topological polar surface area (TPSA) is 88.4 Å². The third kappa shape index (κ3) is 4.48. The van der Waals surface area contributed by atoms with E-state index in [-0.39, 0.29) is 22.6 Å². The second kappa shape index (κ2) is 9.31. The van der Waals surface area contributed by atoms with Crippen LogP contribution in [0.3, 0.4) is 0 Å². The van der Waals surface area contributed by atoms with E-state index in [1.807, 2.05) is 24.3 Å². The number of nitro groups is 1. The molecule has 2 heterocycles. The molecule has 2 aromatic carbocycles. The van der Waals surface area contributed by atoms with Gasteiger partial charge in [-0.05, 0) is 61.8 Å². The second-order valence-electron chi connectivity index (χ2n) is 8.65. The molecule has 1 aromatic heterocycles. The number of thiazole rings is 1. The van der Waals surface area contributed by atoms with Crippen LogP contribution in [0, 0.1) is 10.1 Å². The van der Waals surface area contributed by atoms with Gasteiger partial charge in [0.15, 0.2) is 0 Å². The quantitative estimate of drug-likeness (QED) is 0.399. The number of benzene rings is 2. The van der Waals surface area contributed by atoms with Crippen molar-refractivity contribution in [3.8, 4) is 10.6 Å². The highest BCUT2D eigenvalue weighted by Gasteiger charge is 2.25. The molecule has 8 heteroatoms. The van der Waals surface area contributed by atoms with Gasteiger partial charge >= 0.3 is 0 Å². The molecular formula is C25H26N4O3S. The molecule has 170 valence electrons. The second-order valence-corrected chi connectivity index (χ2v) is 9.68. The monoisotopic (exact) mass is 462 g/mol. The van der Waals surface area contributed by atoms with E-state index in [4.69, 9.17) is 0 Å². The molecule has 1 unspecified atom stereocenters. The number of nitrogens with one attached hydrogen (secondary N) is 1. The van der Waals surface area contributed by atoms with Crippen LogP contribution in [-0.4, -0.2) is 28.9 Å². The average Bonchev–Trinajstić information content (AvgIpc) is 3.35. The van der Waals surface area contributed by atoms with Crippen LogP contribution in [0.1, 0.15) is 58.9 Å². The van der Waals surface area contributed by atoms with Crippen molar-refractivity contribution in [1.29, 1.82) is 0 Å². The van der Waals surface area contributed by atoms with E-state index in [1.165, 1.54) is 35.1 Å². The number of hydrogen-bond acceptors (Lipinski definition) is 6. The maximum atomic E-state index is 13.0. The lowest BCUT2D eigenvalue weighted by Gasteiger charge is -2.29. The van der Waals surface area contributed by atoms with Crippen LogP contribution in [-0.2, 0) is 6.42 Å². The largest absolute Gasteiger partial charge is 0.372 e. The van der Waals surface area contributed by atoms with Gasteiger partial charge in [0.1, 0.15) is 9.88 Å². The molecule has 33 heavy (non-hydrogen) atoms. The number of carbonyl (C=O) groups excluding carboxylic acids is 1. The fraction of sp³-hybridized carbons (Fsp3) is 0.360. The minimum atomic E-state index is -0.380. The molecule has 1 atom stereocenters. The highest BCUT2D eigenvalue weighted by atomic mass is 32.1. The van der Waals surface area contributed by atoms with Crippen molar-refractivity contribution in [3.63, 3.8) is 0 Å². The smallest absolute Gasteiger partial charge is 0.279 e. The molecule has 0 bridgehead atoms. The molecule has 1 N–H and O–H groups in total. The first kappa shape index (κ1) is 21.6. The van der Waals surface area contributed by atoms with Gasteiger partial charge in [-0.3, -0.25) is 14.9 Å². The van der Waals surface area contributed by atoms with Crippen molar-refractivity contribution in [2.45, 2.75) is 44.6 Å². The van der Waals surface area contributed by atoms with E-state index < -0.39 is 0 Å². The molecule has 1 aliphatic carbocycles. The molecule has 1 aliphatic heterocycles. The Balaban J connectivity index is 1.40. The van der Waals surface area contributed by atoms with Crippen LogP contribution in [0.25, 0.3) is 10.6 Å². The molecule has 1 fully saturated rings. The first-order chi connectivity index (χ1) is 16.1. The van der Waals surface area contributed by atoms with Crippen molar-refractivity contribution >= 4 is 28.6 Å². The third-order valence-electron chi connectivity index (χ3n) is 6.53. The Morgan fingerprint density at radius 3 is 2.76 bits per heavy atom. The molecule has 1 amide bonds. The first-order valence-electron chi connectivity index (χ1n) is 11.5. The van der Waals surface area contributed by atoms with Crippen molar-refractivity contribution in [2.75, 3.05) is 18.0 Å². The molecule has 7 nitrogen and oxygen atoms in total. The Hall–Kier alpha value is -3.26. The summed E-state index contributed by atoms with van der Waals surface area (Å²) in [6, 6.07) is 13.4. The number of carbonyl (C=O) groups is 1. The Kier molecular flexibility index (Phi) is 6.09. The molecule has 0 saturated carbocycles. The maximum absolute atomic E-state index is 13.0. The number of nitro benzene ring substituents is 1. The van der Waals surface area contributed by atoms with E-state index >= 15 is 0 Å². The van der Waals surface area contributed by atoms with Gasteiger partial charge in [-0.1, -0.05) is 24.3 Å². The first-order valence-corrected chi connectivity index (χ1v) is 12.3. The lowest BCUT2D eigenvalue weighted by Crippen LogP contribution is -2.30. The van der Waals surface area contributed by atoms with Crippen LogP contribution in [0.4, 0.5) is 11.4 Å². The van der Waals surface area contributed by atoms with Crippen LogP contribution in [0.15, 0.2) is 48.7 Å². The normalized spacial score (nSPS) is 17.9. The van der Waals surface area contributed by atoms with Gasteiger partial charge in [-0.25, -0.2) is 4.98 Å². The number of anilines is 1. The van der Waals surface area contributed by atoms with Crippen LogP contribution >= 0.6 is 11.3 Å². The molecule has 5 rings (SSSR count). The number of hydrogen-bond donors (Lipinski definition) is 1. The maximum Gasteiger partial charge on any atom is 0.279 e. The van der Waals surface area contributed by atoms with Gasteiger partial charge in [0.05, 0.1) is 22.7 Å². The fourth-order valence-electron chi connectivity index (χ4n) is 4.84. The summed E-state index contributed by atoms with van der Waals surface area (Å²) in [5.74, 6) is -0.185. The highest BCUT2D eigenvalue weighted by Crippen LogP contribution is 2.37. The number of aryl methyl sites for hydroxylation is 1. The van der Waals surface area contributed by atoms with Gasteiger partial charge in [0.25, 0.3) is 11.6 Å². The Labute approximate surface area is 196 Å². The Morgan fingerprint density at radius 2 is 1.94 bits per heavy atom. The number of rotatable bonds is 5. The summed E-state index contributed by atoms with van der Waals surface area (Å²) >= 11 is 1.20. The molecule has 3 aromatic rings. The lowest BCUT2D eigenvalue weighted by molar-refractivity contribution is -0.384. The van der Waals surface area contributed by atoms with E-state index in [1.54, 1.807) is 6.07 Å². The van der Waals surface area contributed by atoms with Gasteiger partial charge in [-0.2, -0.15) is 0 Å². The summed E-state index contributed by atoms with van der Waals surface area (Å²) in [5.41, 5.74) is 3.90. The fourth-order valence-corrected chi connectivity index (χ4v) is 5.68. The van der Waals surface area contributed by atoms with Gasteiger partial charge in [-0.15, -0.1) is 11.3 Å². The zero-order chi connectivity index (χ0) is 22.8. The van der Waals surface area contributed by atoms with Crippen molar-refractivity contribution < 1.29 is 9.72 Å². The summed E-state index contributed by atoms with van der Waals surface area (Å²) < 4.78 is 0. The van der Waals surface area contributed by atoms with Crippen LogP contribution in [0.2, 0.25) is 0 Å². The minimum Gasteiger partial charge on any atom is -0.372 e. The zero-order valence-corrected chi connectivity index (χ0v) is 19.1. The summed E-state index contributed by atoms with van der Waals surface area (Å²) in [4.78, 5) is 31.5. The predicted octanol–water partition coefficient (Wildman–Crippen LogP) is 5.52. The van der Waals surface area contributed by atoms with Gasteiger partial charge in [0, 0.05) is 24.8 Å².